The van der Waals surface area contributed by atoms with Gasteiger partial charge >= 0.3 is 0 Å². The zero-order chi connectivity index (χ0) is 14.0. The van der Waals surface area contributed by atoms with Crippen molar-refractivity contribution in [1.29, 1.82) is 0 Å². The van der Waals surface area contributed by atoms with Gasteiger partial charge in [0, 0.05) is 15.0 Å². The lowest BCUT2D eigenvalue weighted by molar-refractivity contribution is 0.0901. The average Bonchev–Trinajstić information content (AvgIpc) is 2.31. The Kier molecular flexibility index (Phi) is 4.72. The van der Waals surface area contributed by atoms with E-state index in [2.05, 4.69) is 51.0 Å². The van der Waals surface area contributed by atoms with Gasteiger partial charge in [0.15, 0.2) is 0 Å². The van der Waals surface area contributed by atoms with Gasteiger partial charge in [-0.25, -0.2) is 0 Å². The van der Waals surface area contributed by atoms with Crippen LogP contribution in [0.1, 0.15) is 49.9 Å². The van der Waals surface area contributed by atoms with Crippen LogP contribution < -0.4 is 5.32 Å². The lowest BCUT2D eigenvalue weighted by Gasteiger charge is -2.35. The number of carbonyl (C=O) groups is 1. The Labute approximate surface area is 131 Å². The van der Waals surface area contributed by atoms with E-state index in [1.807, 2.05) is 18.2 Å². The van der Waals surface area contributed by atoms with Crippen molar-refractivity contribution < 1.29 is 4.79 Å². The van der Waals surface area contributed by atoms with Gasteiger partial charge < -0.3 is 5.32 Å². The van der Waals surface area contributed by atoms with Crippen molar-refractivity contribution in [3.05, 3.63) is 32.7 Å². The number of carbonyl (C=O) groups excluding carboxylic acids is 1. The Morgan fingerprint density at radius 1 is 1.37 bits per heavy atom. The molecule has 2 rings (SSSR count). The lowest BCUT2D eigenvalue weighted by Crippen LogP contribution is -2.40. The summed E-state index contributed by atoms with van der Waals surface area (Å²) in [5.41, 5.74) is 1.03. The second-order valence-corrected chi connectivity index (χ2v) is 7.83. The van der Waals surface area contributed by atoms with E-state index in [1.165, 1.54) is 12.8 Å². The van der Waals surface area contributed by atoms with E-state index >= 15 is 0 Å². The second-order valence-electron chi connectivity index (χ2n) is 6.06. The second kappa shape index (κ2) is 5.96. The highest BCUT2D eigenvalue weighted by Crippen LogP contribution is 2.35. The van der Waals surface area contributed by atoms with Crippen LogP contribution in [-0.4, -0.2) is 11.9 Å². The number of amides is 1. The molecule has 1 N–H and O–H groups in total. The predicted octanol–water partition coefficient (Wildman–Crippen LogP) is 4.91. The minimum atomic E-state index is 0.0101. The van der Waals surface area contributed by atoms with E-state index in [0.717, 1.165) is 21.8 Å². The first-order chi connectivity index (χ1) is 8.87. The Bertz CT molecular complexity index is 485. The number of rotatable bonds is 2. The summed E-state index contributed by atoms with van der Waals surface area (Å²) in [7, 11) is 0. The Balaban J connectivity index is 2.06. The highest BCUT2D eigenvalue weighted by molar-refractivity contribution is 9.11. The maximum absolute atomic E-state index is 12.3. The predicted molar refractivity (Wildman–Crippen MR) is 85.3 cm³/mol. The fourth-order valence-corrected chi connectivity index (χ4v) is 3.54. The molecular weight excluding hydrogens is 370 g/mol. The molecule has 0 saturated heterocycles. The maximum atomic E-state index is 12.3. The summed E-state index contributed by atoms with van der Waals surface area (Å²) in [6, 6.07) is 5.96. The first-order valence-corrected chi connectivity index (χ1v) is 8.22. The van der Waals surface area contributed by atoms with Crippen LogP contribution in [-0.2, 0) is 0 Å². The molecular formula is C15H19Br2NO. The molecule has 1 aliphatic rings. The van der Waals surface area contributed by atoms with Crippen molar-refractivity contribution in [2.75, 3.05) is 0 Å². The number of hydrogen-bond acceptors (Lipinski definition) is 1. The summed E-state index contributed by atoms with van der Waals surface area (Å²) in [5.74, 6) is 0.0101. The smallest absolute Gasteiger partial charge is 0.252 e. The average molecular weight is 389 g/mol. The third-order valence-corrected chi connectivity index (χ3v) is 4.90. The molecule has 4 heteroatoms. The van der Waals surface area contributed by atoms with E-state index in [-0.39, 0.29) is 5.91 Å². The summed E-state index contributed by atoms with van der Waals surface area (Å²) in [5, 5.41) is 3.17. The summed E-state index contributed by atoms with van der Waals surface area (Å²) in [6.45, 7) is 4.56. The normalized spacial score (nSPS) is 22.0. The first kappa shape index (κ1) is 15.0. The van der Waals surface area contributed by atoms with Gasteiger partial charge in [-0.3, -0.25) is 4.79 Å². The number of benzene rings is 1. The van der Waals surface area contributed by atoms with E-state index in [4.69, 9.17) is 0 Å². The fraction of sp³-hybridized carbons (Fsp3) is 0.533. The van der Waals surface area contributed by atoms with Crippen molar-refractivity contribution in [2.24, 2.45) is 5.41 Å². The summed E-state index contributed by atoms with van der Waals surface area (Å²) in [6.07, 6.45) is 4.59. The van der Waals surface area contributed by atoms with Crippen LogP contribution in [0.4, 0.5) is 0 Å². The molecule has 19 heavy (non-hydrogen) atoms. The largest absolute Gasteiger partial charge is 0.349 e. The summed E-state index contributed by atoms with van der Waals surface area (Å²) in [4.78, 5) is 12.3. The molecule has 1 fully saturated rings. The van der Waals surface area contributed by atoms with Crippen LogP contribution in [0.25, 0.3) is 0 Å². The lowest BCUT2D eigenvalue weighted by atomic mass is 9.75. The molecule has 0 spiro atoms. The van der Waals surface area contributed by atoms with Gasteiger partial charge in [-0.2, -0.15) is 0 Å². The molecule has 2 nitrogen and oxygen atoms in total. The van der Waals surface area contributed by atoms with Crippen LogP contribution in [0, 0.1) is 5.41 Å². The van der Waals surface area contributed by atoms with E-state index in [0.29, 0.717) is 17.0 Å². The highest BCUT2D eigenvalue weighted by atomic mass is 79.9. The monoisotopic (exact) mass is 387 g/mol. The van der Waals surface area contributed by atoms with Gasteiger partial charge in [0.2, 0.25) is 0 Å². The third kappa shape index (κ3) is 4.06. The van der Waals surface area contributed by atoms with Crippen molar-refractivity contribution in [1.82, 2.24) is 5.32 Å². The maximum Gasteiger partial charge on any atom is 0.252 e. The number of halogens is 2. The van der Waals surface area contributed by atoms with Crippen molar-refractivity contribution in [3.63, 3.8) is 0 Å². The van der Waals surface area contributed by atoms with Crippen LogP contribution >= 0.6 is 31.9 Å². The van der Waals surface area contributed by atoms with Crippen molar-refractivity contribution in [2.45, 2.75) is 45.6 Å². The molecule has 0 aromatic heterocycles. The highest BCUT2D eigenvalue weighted by Gasteiger charge is 2.29. The molecule has 1 aliphatic carbocycles. The zero-order valence-electron chi connectivity index (χ0n) is 11.3. The summed E-state index contributed by atoms with van der Waals surface area (Å²) < 4.78 is 1.76. The van der Waals surface area contributed by atoms with Crippen LogP contribution in [0.15, 0.2) is 27.1 Å². The van der Waals surface area contributed by atoms with Crippen LogP contribution in [0.5, 0.6) is 0 Å². The van der Waals surface area contributed by atoms with Crippen molar-refractivity contribution >= 4 is 37.8 Å². The quantitative estimate of drug-likeness (QED) is 0.766. The van der Waals surface area contributed by atoms with E-state index < -0.39 is 0 Å². The Morgan fingerprint density at radius 3 is 2.79 bits per heavy atom. The van der Waals surface area contributed by atoms with E-state index in [9.17, 15) is 4.79 Å². The fourth-order valence-electron chi connectivity index (χ4n) is 2.76. The molecule has 1 amide bonds. The zero-order valence-corrected chi connectivity index (χ0v) is 14.5. The standard InChI is InChI=1S/C15H19Br2NO/c1-15(2)7-3-4-11(9-15)18-14(19)12-8-10(16)5-6-13(12)17/h5-6,8,11H,3-4,7,9H2,1-2H3,(H,18,19). The molecule has 104 valence electrons. The molecule has 0 radical (unpaired) electrons. The minimum absolute atomic E-state index is 0.0101. The van der Waals surface area contributed by atoms with Gasteiger partial charge in [0.1, 0.15) is 0 Å². The molecule has 1 saturated carbocycles. The van der Waals surface area contributed by atoms with Gasteiger partial charge in [-0.15, -0.1) is 0 Å². The molecule has 1 aromatic rings. The molecule has 0 heterocycles. The molecule has 1 atom stereocenters. The van der Waals surface area contributed by atoms with Gasteiger partial charge in [-0.1, -0.05) is 36.2 Å². The van der Waals surface area contributed by atoms with Gasteiger partial charge in [0.05, 0.1) is 5.56 Å². The first-order valence-electron chi connectivity index (χ1n) is 6.63. The molecule has 0 bridgehead atoms. The molecule has 0 aliphatic heterocycles. The van der Waals surface area contributed by atoms with Crippen LogP contribution in [0.2, 0.25) is 0 Å². The van der Waals surface area contributed by atoms with Crippen LogP contribution in [0.3, 0.4) is 0 Å². The van der Waals surface area contributed by atoms with Gasteiger partial charge in [0.25, 0.3) is 5.91 Å². The molecule has 1 unspecified atom stereocenters. The SMILES string of the molecule is CC1(C)CCCC(NC(=O)c2cc(Br)ccc2Br)C1. The van der Waals surface area contributed by atoms with Gasteiger partial charge in [-0.05, 0) is 58.8 Å². The topological polar surface area (TPSA) is 29.1 Å². The Hall–Kier alpha value is -0.350. The van der Waals surface area contributed by atoms with Crippen molar-refractivity contribution in [3.8, 4) is 0 Å². The Morgan fingerprint density at radius 2 is 2.11 bits per heavy atom. The minimum Gasteiger partial charge on any atom is -0.349 e. The number of hydrogen-bond donors (Lipinski definition) is 1. The number of nitrogens with one attached hydrogen (secondary N) is 1. The molecule has 1 aromatic carbocycles. The summed E-state index contributed by atoms with van der Waals surface area (Å²) >= 11 is 6.84. The van der Waals surface area contributed by atoms with E-state index in [1.54, 1.807) is 0 Å². The third-order valence-electron chi connectivity index (χ3n) is 3.71.